The molecule has 0 aliphatic carbocycles. The Morgan fingerprint density at radius 2 is 1.69 bits per heavy atom. The third-order valence-electron chi connectivity index (χ3n) is 6.33. The average molecular weight is 507 g/mol. The van der Waals surface area contributed by atoms with Crippen LogP contribution < -0.4 is 4.90 Å². The summed E-state index contributed by atoms with van der Waals surface area (Å²) in [5.41, 5.74) is 4.66. The molecule has 7 heteroatoms. The molecule has 2 amide bonds. The van der Waals surface area contributed by atoms with Crippen molar-refractivity contribution in [2.24, 2.45) is 0 Å². The molecule has 4 rings (SSSR count). The van der Waals surface area contributed by atoms with Crippen molar-refractivity contribution in [2.45, 2.75) is 12.3 Å². The van der Waals surface area contributed by atoms with Crippen LogP contribution in [0.2, 0.25) is 10.0 Å². The van der Waals surface area contributed by atoms with Crippen molar-refractivity contribution in [1.82, 2.24) is 9.80 Å². The lowest BCUT2D eigenvalue weighted by Crippen LogP contribution is -2.35. The molecule has 1 heterocycles. The Balaban J connectivity index is 1.52. The largest absolute Gasteiger partial charge is 0.324 e. The lowest BCUT2D eigenvalue weighted by atomic mass is 9.92. The third-order valence-corrected chi connectivity index (χ3v) is 6.76. The molecule has 1 fully saturated rings. The van der Waals surface area contributed by atoms with E-state index in [-0.39, 0.29) is 11.9 Å². The number of urea groups is 1. The number of nitrogens with zero attached hydrogens (tertiary/aromatic N) is 4. The molecule has 1 saturated heterocycles. The van der Waals surface area contributed by atoms with Gasteiger partial charge in [0.25, 0.3) is 0 Å². The molecular weight excluding hydrogens is 479 g/mol. The highest BCUT2D eigenvalue weighted by atomic mass is 35.5. The van der Waals surface area contributed by atoms with Crippen LogP contribution in [-0.2, 0) is 0 Å². The summed E-state index contributed by atoms with van der Waals surface area (Å²) in [4.78, 5) is 19.1. The van der Waals surface area contributed by atoms with E-state index in [1.807, 2.05) is 29.2 Å². The molecule has 1 aliphatic rings. The van der Waals surface area contributed by atoms with Gasteiger partial charge in [-0.2, -0.15) is 5.26 Å². The monoisotopic (exact) mass is 506 g/mol. The first-order chi connectivity index (χ1) is 16.8. The highest BCUT2D eigenvalue weighted by molar-refractivity contribution is 6.35. The first-order valence-electron chi connectivity index (χ1n) is 11.6. The van der Waals surface area contributed by atoms with Crippen LogP contribution in [0, 0.1) is 11.3 Å². The second-order valence-corrected chi connectivity index (χ2v) is 9.98. The van der Waals surface area contributed by atoms with Gasteiger partial charge >= 0.3 is 6.03 Å². The highest BCUT2D eigenvalue weighted by Gasteiger charge is 2.31. The van der Waals surface area contributed by atoms with E-state index in [1.165, 1.54) is 5.56 Å². The quantitative estimate of drug-likeness (QED) is 0.349. The molecule has 1 aliphatic heterocycles. The third kappa shape index (κ3) is 6.15. The maximum atomic E-state index is 13.3. The lowest BCUT2D eigenvalue weighted by Gasteiger charge is -2.26. The van der Waals surface area contributed by atoms with Gasteiger partial charge in [0.2, 0.25) is 0 Å². The number of carbonyl (C=O) groups excluding carboxylic acids is 1. The van der Waals surface area contributed by atoms with Crippen LogP contribution >= 0.6 is 23.2 Å². The molecule has 3 aromatic rings. The van der Waals surface area contributed by atoms with Crippen molar-refractivity contribution < 1.29 is 4.79 Å². The SMILES string of the molecule is CN(C)CCC(CN1CCN(c2cc(Cl)cc(Cl)c2)C1=O)c1ccc(-c2cccc(C#N)c2)cc1. The van der Waals surface area contributed by atoms with Gasteiger partial charge in [-0.1, -0.05) is 59.6 Å². The predicted octanol–water partition coefficient (Wildman–Crippen LogP) is 6.51. The summed E-state index contributed by atoms with van der Waals surface area (Å²) in [5.74, 6) is 0.198. The van der Waals surface area contributed by atoms with Gasteiger partial charge in [-0.05, 0) is 74.1 Å². The van der Waals surface area contributed by atoms with E-state index in [0.29, 0.717) is 35.2 Å². The number of rotatable bonds is 8. The molecule has 5 nitrogen and oxygen atoms in total. The van der Waals surface area contributed by atoms with E-state index in [1.54, 1.807) is 23.1 Å². The Bertz CT molecular complexity index is 1220. The number of amides is 2. The first-order valence-corrected chi connectivity index (χ1v) is 12.4. The minimum absolute atomic E-state index is 0.0249. The van der Waals surface area contributed by atoms with Gasteiger partial charge in [0.05, 0.1) is 11.6 Å². The van der Waals surface area contributed by atoms with Gasteiger partial charge in [0.15, 0.2) is 0 Å². The van der Waals surface area contributed by atoms with E-state index < -0.39 is 0 Å². The van der Waals surface area contributed by atoms with E-state index in [2.05, 4.69) is 49.3 Å². The predicted molar refractivity (Wildman–Crippen MR) is 143 cm³/mol. The molecule has 0 N–H and O–H groups in total. The van der Waals surface area contributed by atoms with Crippen LogP contribution in [0.5, 0.6) is 0 Å². The summed E-state index contributed by atoms with van der Waals surface area (Å²) in [5, 5.41) is 10.2. The van der Waals surface area contributed by atoms with Gasteiger partial charge in [0, 0.05) is 41.3 Å². The number of benzene rings is 3. The molecule has 1 unspecified atom stereocenters. The van der Waals surface area contributed by atoms with Gasteiger partial charge in [0.1, 0.15) is 0 Å². The maximum absolute atomic E-state index is 13.3. The van der Waals surface area contributed by atoms with E-state index in [0.717, 1.165) is 29.8 Å². The zero-order chi connectivity index (χ0) is 24.9. The minimum Gasteiger partial charge on any atom is -0.322 e. The molecule has 0 aromatic heterocycles. The van der Waals surface area contributed by atoms with Crippen molar-refractivity contribution in [3.8, 4) is 17.2 Å². The fraction of sp³-hybridized carbons (Fsp3) is 0.286. The maximum Gasteiger partial charge on any atom is 0.324 e. The van der Waals surface area contributed by atoms with Gasteiger partial charge in [-0.25, -0.2) is 4.79 Å². The molecule has 1 atom stereocenters. The lowest BCUT2D eigenvalue weighted by molar-refractivity contribution is 0.215. The zero-order valence-corrected chi connectivity index (χ0v) is 21.4. The smallest absolute Gasteiger partial charge is 0.322 e. The second-order valence-electron chi connectivity index (χ2n) is 9.11. The number of nitriles is 1. The molecular formula is C28H28Cl2N4O. The molecule has 0 radical (unpaired) electrons. The summed E-state index contributed by atoms with van der Waals surface area (Å²) < 4.78 is 0. The Hall–Kier alpha value is -3.04. The van der Waals surface area contributed by atoms with Crippen LogP contribution in [0.1, 0.15) is 23.5 Å². The fourth-order valence-electron chi connectivity index (χ4n) is 4.45. The number of hydrogen-bond donors (Lipinski definition) is 0. The average Bonchev–Trinajstić information content (AvgIpc) is 3.21. The standard InChI is InChI=1S/C28H28Cl2N4O/c1-32(2)11-10-24(22-8-6-21(7-9-22)23-5-3-4-20(14-23)18-31)19-33-12-13-34(28(33)35)27-16-25(29)15-26(30)17-27/h3-9,14-17,24H,10-13,19H2,1-2H3. The Kier molecular flexibility index (Phi) is 7.97. The minimum atomic E-state index is -0.0249. The summed E-state index contributed by atoms with van der Waals surface area (Å²) in [6, 6.07) is 23.5. The molecule has 0 saturated carbocycles. The van der Waals surface area contributed by atoms with E-state index >= 15 is 0 Å². The molecule has 35 heavy (non-hydrogen) atoms. The fourth-order valence-corrected chi connectivity index (χ4v) is 4.96. The van der Waals surface area contributed by atoms with Crippen LogP contribution in [0.25, 0.3) is 11.1 Å². The number of hydrogen-bond acceptors (Lipinski definition) is 3. The number of anilines is 1. The van der Waals surface area contributed by atoms with E-state index in [4.69, 9.17) is 23.2 Å². The first kappa shape index (κ1) is 25.1. The van der Waals surface area contributed by atoms with Crippen molar-refractivity contribution in [2.75, 3.05) is 45.2 Å². The summed E-state index contributed by atoms with van der Waals surface area (Å²) in [7, 11) is 4.13. The Labute approximate surface area is 217 Å². The Morgan fingerprint density at radius 1 is 0.971 bits per heavy atom. The summed E-state index contributed by atoms with van der Waals surface area (Å²) in [6.45, 7) is 2.82. The second kappa shape index (κ2) is 11.1. The normalized spacial score (nSPS) is 14.5. The van der Waals surface area contributed by atoms with Crippen LogP contribution in [-0.4, -0.2) is 56.1 Å². The van der Waals surface area contributed by atoms with Crippen molar-refractivity contribution in [3.63, 3.8) is 0 Å². The van der Waals surface area contributed by atoms with Crippen molar-refractivity contribution in [3.05, 3.63) is 87.9 Å². The number of carbonyl (C=O) groups is 1. The van der Waals surface area contributed by atoms with Crippen LogP contribution in [0.3, 0.4) is 0 Å². The topological polar surface area (TPSA) is 50.6 Å². The van der Waals surface area contributed by atoms with Gasteiger partial charge in [-0.3, -0.25) is 4.90 Å². The van der Waals surface area contributed by atoms with E-state index in [9.17, 15) is 10.1 Å². The van der Waals surface area contributed by atoms with Crippen molar-refractivity contribution in [1.29, 1.82) is 5.26 Å². The van der Waals surface area contributed by atoms with Crippen LogP contribution in [0.4, 0.5) is 10.5 Å². The summed E-state index contributed by atoms with van der Waals surface area (Å²) in [6.07, 6.45) is 0.934. The highest BCUT2D eigenvalue weighted by Crippen LogP contribution is 2.31. The molecule has 0 bridgehead atoms. The summed E-state index contributed by atoms with van der Waals surface area (Å²) >= 11 is 12.3. The van der Waals surface area contributed by atoms with Crippen LogP contribution in [0.15, 0.2) is 66.7 Å². The molecule has 3 aromatic carbocycles. The van der Waals surface area contributed by atoms with Gasteiger partial charge < -0.3 is 9.80 Å². The Morgan fingerprint density at radius 3 is 2.34 bits per heavy atom. The zero-order valence-electron chi connectivity index (χ0n) is 19.9. The van der Waals surface area contributed by atoms with Crippen molar-refractivity contribution >= 4 is 34.9 Å². The number of halogens is 2. The molecule has 180 valence electrons. The van der Waals surface area contributed by atoms with Gasteiger partial charge in [-0.15, -0.1) is 0 Å². The molecule has 0 spiro atoms.